The summed E-state index contributed by atoms with van der Waals surface area (Å²) in [4.78, 5) is 8.51. The van der Waals surface area contributed by atoms with Gasteiger partial charge >= 0.3 is 0 Å². The van der Waals surface area contributed by atoms with Crippen LogP contribution in [0.1, 0.15) is 35.4 Å². The predicted molar refractivity (Wildman–Crippen MR) is 106 cm³/mol. The molecule has 4 nitrogen and oxygen atoms in total. The number of likely N-dealkylation sites (tertiary alicyclic amines) is 1. The Kier molecular flexibility index (Phi) is 5.79. The van der Waals surface area contributed by atoms with Crippen LogP contribution in [0.15, 0.2) is 52.5 Å². The Morgan fingerprint density at radius 1 is 1.08 bits per heavy atom. The van der Waals surface area contributed by atoms with Gasteiger partial charge in [-0.05, 0) is 55.1 Å². The molecule has 0 bridgehead atoms. The number of oxazole rings is 1. The molecule has 0 radical (unpaired) electrons. The zero-order chi connectivity index (χ0) is 17.6. The second-order valence-corrected chi connectivity index (χ2v) is 7.87. The van der Waals surface area contributed by atoms with E-state index in [1.165, 1.54) is 42.8 Å². The van der Waals surface area contributed by atoms with Crippen molar-refractivity contribution >= 4 is 11.3 Å². The number of nitrogens with zero attached hydrogens (tertiary/aromatic N) is 2. The van der Waals surface area contributed by atoms with Gasteiger partial charge in [-0.15, -0.1) is 11.3 Å². The molecule has 0 aliphatic carbocycles. The number of rotatable bonds is 7. The van der Waals surface area contributed by atoms with E-state index in [9.17, 15) is 0 Å². The maximum Gasteiger partial charge on any atom is 0.226 e. The summed E-state index contributed by atoms with van der Waals surface area (Å²) in [5.41, 5.74) is 3.40. The first kappa shape index (κ1) is 17.5. The van der Waals surface area contributed by atoms with E-state index in [1.54, 1.807) is 6.26 Å². The highest BCUT2D eigenvalue weighted by molar-refractivity contribution is 7.10. The Hall–Kier alpha value is -1.95. The average Bonchev–Trinajstić information content (AvgIpc) is 3.33. The van der Waals surface area contributed by atoms with Crippen molar-refractivity contribution in [1.29, 1.82) is 0 Å². The summed E-state index contributed by atoms with van der Waals surface area (Å²) in [5.74, 6) is 0.683. The highest BCUT2D eigenvalue weighted by Crippen LogP contribution is 2.20. The van der Waals surface area contributed by atoms with Crippen molar-refractivity contribution in [1.82, 2.24) is 15.2 Å². The van der Waals surface area contributed by atoms with Gasteiger partial charge < -0.3 is 9.73 Å². The molecule has 5 heteroatoms. The Morgan fingerprint density at radius 3 is 2.77 bits per heavy atom. The van der Waals surface area contributed by atoms with Crippen molar-refractivity contribution in [2.75, 3.05) is 13.1 Å². The zero-order valence-corrected chi connectivity index (χ0v) is 15.8. The summed E-state index contributed by atoms with van der Waals surface area (Å²) >= 11 is 1.84. The van der Waals surface area contributed by atoms with Crippen molar-refractivity contribution in [3.63, 3.8) is 0 Å². The molecule has 1 fully saturated rings. The van der Waals surface area contributed by atoms with Gasteiger partial charge in [-0.25, -0.2) is 4.98 Å². The summed E-state index contributed by atoms with van der Waals surface area (Å²) in [6, 6.07) is 12.3. The van der Waals surface area contributed by atoms with Gasteiger partial charge in [-0.3, -0.25) is 4.90 Å². The van der Waals surface area contributed by atoms with Crippen LogP contribution in [0.25, 0.3) is 11.5 Å². The van der Waals surface area contributed by atoms with Crippen molar-refractivity contribution in [3.05, 3.63) is 64.2 Å². The number of thiophene rings is 1. The van der Waals surface area contributed by atoms with Crippen LogP contribution in [0, 0.1) is 0 Å². The third-order valence-corrected chi connectivity index (χ3v) is 5.73. The van der Waals surface area contributed by atoms with Crippen LogP contribution in [0.3, 0.4) is 0 Å². The lowest BCUT2D eigenvalue weighted by Crippen LogP contribution is -2.28. The standard InChI is InChI=1S/C21H25N3OS/c1-3-7-18(8-4-1)21-23-19(15-25-21)12-22-13-20-11-17(16-26-20)14-24-9-5-2-6-10-24/h1,3-4,7-8,11,15-16,22H,2,5-6,9-10,12-14H2. The highest BCUT2D eigenvalue weighted by Gasteiger charge is 2.11. The summed E-state index contributed by atoms with van der Waals surface area (Å²) in [6.45, 7) is 5.19. The van der Waals surface area contributed by atoms with Crippen molar-refractivity contribution in [2.24, 2.45) is 0 Å². The molecule has 1 N–H and O–H groups in total. The average molecular weight is 368 g/mol. The first-order chi connectivity index (χ1) is 12.9. The van der Waals surface area contributed by atoms with E-state index in [1.807, 2.05) is 41.7 Å². The van der Waals surface area contributed by atoms with Crippen LogP contribution in [-0.4, -0.2) is 23.0 Å². The molecular formula is C21H25N3OS. The fourth-order valence-corrected chi connectivity index (χ4v) is 4.24. The van der Waals surface area contributed by atoms with Crippen molar-refractivity contribution in [2.45, 2.75) is 38.9 Å². The van der Waals surface area contributed by atoms with Gasteiger partial charge in [0.25, 0.3) is 0 Å². The Labute approximate surface area is 158 Å². The number of hydrogen-bond donors (Lipinski definition) is 1. The zero-order valence-electron chi connectivity index (χ0n) is 15.0. The molecule has 26 heavy (non-hydrogen) atoms. The SMILES string of the molecule is c1ccc(-c2nc(CNCc3cc(CN4CCCCC4)cs3)co2)cc1. The summed E-state index contributed by atoms with van der Waals surface area (Å²) in [5, 5.41) is 5.77. The lowest BCUT2D eigenvalue weighted by molar-refractivity contribution is 0.221. The van der Waals surface area contributed by atoms with Crippen molar-refractivity contribution < 1.29 is 4.42 Å². The van der Waals surface area contributed by atoms with E-state index in [-0.39, 0.29) is 0 Å². The fourth-order valence-electron chi connectivity index (χ4n) is 3.39. The van der Waals surface area contributed by atoms with Gasteiger partial charge in [-0.1, -0.05) is 24.6 Å². The molecule has 3 heterocycles. The molecule has 1 aromatic carbocycles. The second-order valence-electron chi connectivity index (χ2n) is 6.87. The van der Waals surface area contributed by atoms with E-state index in [4.69, 9.17) is 4.42 Å². The van der Waals surface area contributed by atoms with E-state index < -0.39 is 0 Å². The molecule has 1 aliphatic rings. The number of nitrogens with one attached hydrogen (secondary N) is 1. The molecule has 0 unspecified atom stereocenters. The van der Waals surface area contributed by atoms with Gasteiger partial charge in [-0.2, -0.15) is 0 Å². The fraction of sp³-hybridized carbons (Fsp3) is 0.381. The molecule has 4 rings (SSSR count). The Bertz CT molecular complexity index is 806. The predicted octanol–water partition coefficient (Wildman–Crippen LogP) is 4.68. The second kappa shape index (κ2) is 8.62. The van der Waals surface area contributed by atoms with Crippen LogP contribution in [0.2, 0.25) is 0 Å². The van der Waals surface area contributed by atoms with Gasteiger partial charge in [0.05, 0.1) is 5.69 Å². The van der Waals surface area contributed by atoms with E-state index >= 15 is 0 Å². The minimum atomic E-state index is 0.683. The minimum Gasteiger partial charge on any atom is -0.444 e. The monoisotopic (exact) mass is 367 g/mol. The van der Waals surface area contributed by atoms with Crippen molar-refractivity contribution in [3.8, 4) is 11.5 Å². The molecule has 1 saturated heterocycles. The summed E-state index contributed by atoms with van der Waals surface area (Å²) < 4.78 is 5.59. The third kappa shape index (κ3) is 4.61. The molecule has 0 amide bonds. The number of piperidine rings is 1. The molecular weight excluding hydrogens is 342 g/mol. The largest absolute Gasteiger partial charge is 0.444 e. The van der Waals surface area contributed by atoms with Gasteiger partial charge in [0.15, 0.2) is 0 Å². The lowest BCUT2D eigenvalue weighted by Gasteiger charge is -2.25. The Morgan fingerprint density at radius 2 is 1.92 bits per heavy atom. The summed E-state index contributed by atoms with van der Waals surface area (Å²) in [6.07, 6.45) is 5.83. The van der Waals surface area contributed by atoms with E-state index in [0.717, 1.165) is 30.9 Å². The van der Waals surface area contributed by atoms with Gasteiger partial charge in [0, 0.05) is 30.1 Å². The topological polar surface area (TPSA) is 41.3 Å². The quantitative estimate of drug-likeness (QED) is 0.658. The van der Waals surface area contributed by atoms with E-state index in [0.29, 0.717) is 5.89 Å². The smallest absolute Gasteiger partial charge is 0.226 e. The number of benzene rings is 1. The maximum atomic E-state index is 5.59. The Balaban J connectivity index is 1.25. The maximum absolute atomic E-state index is 5.59. The van der Waals surface area contributed by atoms with Gasteiger partial charge in [0.2, 0.25) is 5.89 Å². The molecule has 0 saturated carbocycles. The number of aromatic nitrogens is 1. The molecule has 0 atom stereocenters. The number of hydrogen-bond acceptors (Lipinski definition) is 5. The minimum absolute atomic E-state index is 0.683. The molecule has 2 aromatic heterocycles. The normalized spacial score (nSPS) is 15.4. The molecule has 3 aromatic rings. The highest BCUT2D eigenvalue weighted by atomic mass is 32.1. The van der Waals surface area contributed by atoms with Crippen LogP contribution in [0.4, 0.5) is 0 Å². The van der Waals surface area contributed by atoms with Crippen LogP contribution >= 0.6 is 11.3 Å². The van der Waals surface area contributed by atoms with Crippen LogP contribution in [0.5, 0.6) is 0 Å². The first-order valence-electron chi connectivity index (χ1n) is 9.36. The first-order valence-corrected chi connectivity index (χ1v) is 10.2. The van der Waals surface area contributed by atoms with Crippen LogP contribution < -0.4 is 5.32 Å². The van der Waals surface area contributed by atoms with Crippen LogP contribution in [-0.2, 0) is 19.6 Å². The van der Waals surface area contributed by atoms with Gasteiger partial charge in [0.1, 0.15) is 6.26 Å². The van der Waals surface area contributed by atoms with E-state index in [2.05, 4.69) is 26.6 Å². The lowest BCUT2D eigenvalue weighted by atomic mass is 10.1. The molecule has 1 aliphatic heterocycles. The molecule has 136 valence electrons. The third-order valence-electron chi connectivity index (χ3n) is 4.74. The summed E-state index contributed by atoms with van der Waals surface area (Å²) in [7, 11) is 0. The molecule has 0 spiro atoms.